The summed E-state index contributed by atoms with van der Waals surface area (Å²) in [6.45, 7) is 8.20. The van der Waals surface area contributed by atoms with Crippen molar-refractivity contribution >= 4 is 17.5 Å². The molecule has 1 spiro atoms. The van der Waals surface area contributed by atoms with Gasteiger partial charge in [0.1, 0.15) is 0 Å². The van der Waals surface area contributed by atoms with Gasteiger partial charge < -0.3 is 4.74 Å². The molecule has 138 valence electrons. The second kappa shape index (κ2) is 4.69. The highest BCUT2D eigenvalue weighted by Crippen LogP contribution is 2.70. The molecule has 2 heterocycles. The van der Waals surface area contributed by atoms with E-state index in [-0.39, 0.29) is 29.4 Å². The van der Waals surface area contributed by atoms with Crippen LogP contribution in [0.25, 0.3) is 0 Å². The average Bonchev–Trinajstić information content (AvgIpc) is 2.93. The smallest absolute Gasteiger partial charge is 0.276 e. The van der Waals surface area contributed by atoms with Crippen LogP contribution in [0.2, 0.25) is 0 Å². The van der Waals surface area contributed by atoms with Crippen LogP contribution in [0, 0.1) is 16.7 Å². The van der Waals surface area contributed by atoms with Crippen molar-refractivity contribution in [2.24, 2.45) is 16.7 Å². The zero-order valence-electron chi connectivity index (χ0n) is 15.9. The summed E-state index contributed by atoms with van der Waals surface area (Å²) in [7, 11) is 0. The quantitative estimate of drug-likeness (QED) is 0.767. The second-order valence-corrected chi connectivity index (χ2v) is 9.15. The maximum absolute atomic E-state index is 13.8. The van der Waals surface area contributed by atoms with Gasteiger partial charge in [-0.25, -0.2) is 10.0 Å². The number of carbonyl (C=O) groups is 2. The largest absolute Gasteiger partial charge is 0.356 e. The Kier molecular flexibility index (Phi) is 2.94. The van der Waals surface area contributed by atoms with E-state index < -0.39 is 11.0 Å². The van der Waals surface area contributed by atoms with Gasteiger partial charge in [-0.2, -0.15) is 0 Å². The lowest BCUT2D eigenvalue weighted by Gasteiger charge is -2.35. The van der Waals surface area contributed by atoms with Crippen LogP contribution in [-0.2, 0) is 14.3 Å². The number of epoxide rings is 1. The molecule has 26 heavy (non-hydrogen) atoms. The highest BCUT2D eigenvalue weighted by molar-refractivity contribution is 6.06. The molecule has 2 bridgehead atoms. The number of ether oxygens (including phenoxy) is 1. The first-order chi connectivity index (χ1) is 12.2. The van der Waals surface area contributed by atoms with Crippen LogP contribution < -0.4 is 5.01 Å². The van der Waals surface area contributed by atoms with Gasteiger partial charge in [0, 0.05) is 0 Å². The molecule has 5 nitrogen and oxygen atoms in total. The number of nitrogens with zero attached hydrogens (tertiary/aromatic N) is 2. The van der Waals surface area contributed by atoms with E-state index in [9.17, 15) is 9.59 Å². The van der Waals surface area contributed by atoms with E-state index in [4.69, 9.17) is 4.74 Å². The molecule has 1 aromatic carbocycles. The summed E-state index contributed by atoms with van der Waals surface area (Å²) in [5.41, 5.74) is -0.610. The first-order valence-electron chi connectivity index (χ1n) is 9.66. The lowest BCUT2D eigenvalue weighted by atomic mass is 9.67. The molecule has 0 radical (unpaired) electrons. The van der Waals surface area contributed by atoms with E-state index >= 15 is 0 Å². The monoisotopic (exact) mass is 354 g/mol. The summed E-state index contributed by atoms with van der Waals surface area (Å²) < 4.78 is 5.65. The maximum atomic E-state index is 13.8. The molecular formula is C21H26N2O3. The summed E-state index contributed by atoms with van der Waals surface area (Å²) in [5.74, 6) is 0.506. The lowest BCUT2D eigenvalue weighted by Crippen LogP contribution is -2.52. The van der Waals surface area contributed by atoms with Crippen molar-refractivity contribution in [2.75, 3.05) is 5.01 Å². The number of hydrogen-bond donors (Lipinski definition) is 0. The number of amides is 2. The molecule has 0 N–H and O–H groups in total. The predicted molar refractivity (Wildman–Crippen MR) is 97.1 cm³/mol. The van der Waals surface area contributed by atoms with Gasteiger partial charge in [0.25, 0.3) is 11.8 Å². The summed E-state index contributed by atoms with van der Waals surface area (Å²) in [5, 5.41) is 3.43. The summed E-state index contributed by atoms with van der Waals surface area (Å²) in [6, 6.07) is 9.52. The Morgan fingerprint density at radius 3 is 2.42 bits per heavy atom. The van der Waals surface area contributed by atoms with Gasteiger partial charge in [-0.05, 0) is 56.6 Å². The minimum Gasteiger partial charge on any atom is -0.356 e. The minimum atomic E-state index is -0.815. The van der Waals surface area contributed by atoms with Crippen molar-refractivity contribution in [3.05, 3.63) is 30.3 Å². The Morgan fingerprint density at radius 2 is 1.85 bits per heavy atom. The molecule has 5 atom stereocenters. The van der Waals surface area contributed by atoms with Crippen molar-refractivity contribution in [2.45, 2.75) is 64.7 Å². The van der Waals surface area contributed by atoms with Gasteiger partial charge >= 0.3 is 0 Å². The van der Waals surface area contributed by atoms with Gasteiger partial charge in [-0.15, -0.1) is 0 Å². The molecular weight excluding hydrogens is 328 g/mol. The fraction of sp³-hybridized carbons (Fsp3) is 0.619. The van der Waals surface area contributed by atoms with E-state index in [1.807, 2.05) is 44.2 Å². The number of rotatable bonds is 2. The standard InChI is InChI=1S/C21H26N2O3/c1-13-20(4,26-13)17(24)23-16-12-14-10-11-21(16,19(14,2)3)18(25)22(23)15-8-6-5-7-9-15/h5-9,13-14,16H,10-12H2,1-4H3/t13-,14+,16?,20+,21+/m1/s1. The molecule has 1 aromatic rings. The number of hydrazine groups is 1. The second-order valence-electron chi connectivity index (χ2n) is 9.15. The molecule has 2 aliphatic heterocycles. The molecule has 0 aromatic heterocycles. The van der Waals surface area contributed by atoms with Crippen LogP contribution in [0.1, 0.15) is 47.0 Å². The third kappa shape index (κ3) is 1.62. The highest BCUT2D eigenvalue weighted by Gasteiger charge is 2.76. The van der Waals surface area contributed by atoms with Crippen LogP contribution in [0.5, 0.6) is 0 Å². The van der Waals surface area contributed by atoms with Crippen molar-refractivity contribution < 1.29 is 14.3 Å². The number of anilines is 1. The molecule has 2 amide bonds. The summed E-state index contributed by atoms with van der Waals surface area (Å²) in [4.78, 5) is 27.3. The molecule has 5 rings (SSSR count). The Morgan fingerprint density at radius 1 is 1.19 bits per heavy atom. The molecule has 4 aliphatic rings. The van der Waals surface area contributed by atoms with Crippen LogP contribution in [0.15, 0.2) is 30.3 Å². The highest BCUT2D eigenvalue weighted by atomic mass is 16.6. The number of carbonyl (C=O) groups excluding carboxylic acids is 2. The molecule has 1 unspecified atom stereocenters. The minimum absolute atomic E-state index is 0.0651. The number of hydrogen-bond acceptors (Lipinski definition) is 3. The first-order valence-corrected chi connectivity index (χ1v) is 9.66. The third-order valence-electron chi connectivity index (χ3n) is 7.99. The van der Waals surface area contributed by atoms with E-state index in [1.54, 1.807) is 10.0 Å². The summed E-state index contributed by atoms with van der Waals surface area (Å²) >= 11 is 0. The van der Waals surface area contributed by atoms with Gasteiger partial charge in [-0.3, -0.25) is 9.59 Å². The average molecular weight is 354 g/mol. The SMILES string of the molecule is C[C@H]1O[C@]1(C)C(=O)N1C2C[C@@H]3CC[C@]2(C(=O)N1c1ccccc1)C3(C)C. The maximum Gasteiger partial charge on any atom is 0.276 e. The van der Waals surface area contributed by atoms with Crippen LogP contribution in [0.4, 0.5) is 5.69 Å². The van der Waals surface area contributed by atoms with Gasteiger partial charge in [-0.1, -0.05) is 32.0 Å². The molecule has 5 heteroatoms. The Balaban J connectivity index is 1.66. The zero-order chi connectivity index (χ0) is 18.5. The van der Waals surface area contributed by atoms with E-state index in [0.717, 1.165) is 24.9 Å². The zero-order valence-corrected chi connectivity index (χ0v) is 15.9. The first kappa shape index (κ1) is 16.3. The lowest BCUT2D eigenvalue weighted by molar-refractivity contribution is -0.139. The van der Waals surface area contributed by atoms with Gasteiger partial charge in [0.2, 0.25) is 0 Å². The normalized spacial score (nSPS) is 42.3. The van der Waals surface area contributed by atoms with Gasteiger partial charge in [0.15, 0.2) is 5.60 Å². The number of para-hydroxylation sites is 1. The van der Waals surface area contributed by atoms with E-state index in [2.05, 4.69) is 13.8 Å². The third-order valence-corrected chi connectivity index (χ3v) is 7.99. The van der Waals surface area contributed by atoms with Crippen LogP contribution in [0.3, 0.4) is 0 Å². The fourth-order valence-corrected chi connectivity index (χ4v) is 6.02. The van der Waals surface area contributed by atoms with Crippen molar-refractivity contribution in [3.63, 3.8) is 0 Å². The molecule has 4 fully saturated rings. The molecule has 2 saturated heterocycles. The van der Waals surface area contributed by atoms with Crippen molar-refractivity contribution in [1.82, 2.24) is 5.01 Å². The predicted octanol–water partition coefficient (Wildman–Crippen LogP) is 3.15. The van der Waals surface area contributed by atoms with Crippen LogP contribution in [-0.4, -0.2) is 34.6 Å². The Hall–Kier alpha value is -1.88. The van der Waals surface area contributed by atoms with Crippen molar-refractivity contribution in [3.8, 4) is 0 Å². The molecule has 2 saturated carbocycles. The van der Waals surface area contributed by atoms with E-state index in [1.165, 1.54) is 0 Å². The van der Waals surface area contributed by atoms with Crippen LogP contribution >= 0.6 is 0 Å². The Labute approximate surface area is 154 Å². The fourth-order valence-electron chi connectivity index (χ4n) is 6.02. The summed E-state index contributed by atoms with van der Waals surface area (Å²) in [6.07, 6.45) is 2.74. The topological polar surface area (TPSA) is 53.2 Å². The van der Waals surface area contributed by atoms with Crippen molar-refractivity contribution in [1.29, 1.82) is 0 Å². The Bertz CT molecular complexity index is 807. The number of benzene rings is 1. The van der Waals surface area contributed by atoms with Gasteiger partial charge in [0.05, 0.1) is 23.2 Å². The molecule has 2 aliphatic carbocycles. The number of fused-ring (bicyclic) bond motifs is 1. The van der Waals surface area contributed by atoms with E-state index in [0.29, 0.717) is 5.92 Å².